The molecule has 2 aliphatic rings. The Morgan fingerprint density at radius 1 is 1.19 bits per heavy atom. The molecule has 4 rings (SSSR count). The highest BCUT2D eigenvalue weighted by Crippen LogP contribution is 2.40. The van der Waals surface area contributed by atoms with Gasteiger partial charge >= 0.3 is 5.97 Å². The fraction of sp³-hybridized carbons (Fsp3) is 0.174. The van der Waals surface area contributed by atoms with Crippen LogP contribution in [-0.4, -0.2) is 35.4 Å². The van der Waals surface area contributed by atoms with Crippen molar-refractivity contribution in [2.45, 2.75) is 13.8 Å². The number of fused-ring (bicyclic) bond motifs is 1. The van der Waals surface area contributed by atoms with Crippen molar-refractivity contribution >= 4 is 34.8 Å². The minimum Gasteiger partial charge on any atom is -0.506 e. The van der Waals surface area contributed by atoms with Crippen LogP contribution >= 0.6 is 11.8 Å². The summed E-state index contributed by atoms with van der Waals surface area (Å²) in [4.78, 5) is 29.7. The van der Waals surface area contributed by atoms with Gasteiger partial charge in [0, 0.05) is 5.56 Å². The fourth-order valence-electron chi connectivity index (χ4n) is 3.11. The van der Waals surface area contributed by atoms with Crippen LogP contribution in [0.5, 0.6) is 11.5 Å². The molecule has 158 valence electrons. The van der Waals surface area contributed by atoms with Gasteiger partial charge in [-0.25, -0.2) is 9.79 Å². The normalized spacial score (nSPS) is 17.5. The number of aliphatic imine (C=N–C) groups is 1. The Bertz CT molecular complexity index is 1160. The lowest BCUT2D eigenvalue weighted by atomic mass is 10.1. The van der Waals surface area contributed by atoms with Crippen LogP contribution < -0.4 is 9.47 Å². The van der Waals surface area contributed by atoms with Crippen molar-refractivity contribution < 1.29 is 28.9 Å². The number of benzene rings is 2. The zero-order valence-electron chi connectivity index (χ0n) is 16.9. The molecular formula is C23H19NO6S. The van der Waals surface area contributed by atoms with Crippen molar-refractivity contribution in [2.75, 3.05) is 13.4 Å². The van der Waals surface area contributed by atoms with E-state index in [1.165, 1.54) is 0 Å². The highest BCUT2D eigenvalue weighted by Gasteiger charge is 2.34. The number of aliphatic hydroxyl groups excluding tert-OH is 1. The first-order valence-electron chi connectivity index (χ1n) is 9.57. The van der Waals surface area contributed by atoms with Crippen molar-refractivity contribution in [1.82, 2.24) is 0 Å². The van der Waals surface area contributed by atoms with E-state index in [-0.39, 0.29) is 29.8 Å². The van der Waals surface area contributed by atoms with E-state index in [0.717, 1.165) is 22.9 Å². The number of ether oxygens (including phenoxy) is 3. The van der Waals surface area contributed by atoms with E-state index >= 15 is 0 Å². The summed E-state index contributed by atoms with van der Waals surface area (Å²) in [5.41, 5.74) is 1.79. The average Bonchev–Trinajstić information content (AvgIpc) is 3.32. The quantitative estimate of drug-likeness (QED) is 0.707. The van der Waals surface area contributed by atoms with Gasteiger partial charge in [-0.3, -0.25) is 4.79 Å². The Morgan fingerprint density at radius 2 is 1.97 bits per heavy atom. The zero-order chi connectivity index (χ0) is 22.0. The molecule has 8 heteroatoms. The van der Waals surface area contributed by atoms with E-state index in [0.29, 0.717) is 22.0 Å². The lowest BCUT2D eigenvalue weighted by Crippen LogP contribution is -2.14. The summed E-state index contributed by atoms with van der Waals surface area (Å²) in [7, 11) is 0. The van der Waals surface area contributed by atoms with Gasteiger partial charge in [0.25, 0.3) is 5.91 Å². The van der Waals surface area contributed by atoms with Gasteiger partial charge in [0.15, 0.2) is 11.5 Å². The number of carbonyl (C=O) groups excluding carboxylic acids is 2. The summed E-state index contributed by atoms with van der Waals surface area (Å²) < 4.78 is 15.8. The molecular weight excluding hydrogens is 418 g/mol. The smallest absolute Gasteiger partial charge is 0.344 e. The number of aliphatic hydroxyl groups is 1. The summed E-state index contributed by atoms with van der Waals surface area (Å²) in [5.74, 6) is -0.288. The minimum absolute atomic E-state index is 0.0937. The monoisotopic (exact) mass is 437 g/mol. The third kappa shape index (κ3) is 4.20. The molecule has 31 heavy (non-hydrogen) atoms. The number of hydrogen-bond acceptors (Lipinski definition) is 7. The number of nitrogens with zero attached hydrogens (tertiary/aromatic N) is 1. The molecule has 0 saturated heterocycles. The van der Waals surface area contributed by atoms with Crippen LogP contribution in [0.15, 0.2) is 63.7 Å². The van der Waals surface area contributed by atoms with Crippen molar-refractivity contribution in [2.24, 2.45) is 4.99 Å². The molecule has 0 aromatic heterocycles. The molecule has 0 radical (unpaired) electrons. The van der Waals surface area contributed by atoms with Crippen LogP contribution in [0.1, 0.15) is 28.4 Å². The summed E-state index contributed by atoms with van der Waals surface area (Å²) in [6.07, 6.45) is 1.68. The van der Waals surface area contributed by atoms with E-state index in [4.69, 9.17) is 14.2 Å². The number of thioether (sulfide) groups is 1. The number of esters is 1. The van der Waals surface area contributed by atoms with Crippen LogP contribution in [0.2, 0.25) is 0 Å². The molecule has 2 heterocycles. The summed E-state index contributed by atoms with van der Waals surface area (Å²) in [6, 6.07) is 12.4. The molecule has 2 aromatic carbocycles. The van der Waals surface area contributed by atoms with Gasteiger partial charge < -0.3 is 19.3 Å². The van der Waals surface area contributed by atoms with E-state index in [1.54, 1.807) is 56.3 Å². The molecule has 1 N–H and O–H groups in total. The first-order valence-corrected chi connectivity index (χ1v) is 10.4. The van der Waals surface area contributed by atoms with Gasteiger partial charge in [0.2, 0.25) is 6.79 Å². The second-order valence-electron chi connectivity index (χ2n) is 6.70. The van der Waals surface area contributed by atoms with Gasteiger partial charge in [-0.1, -0.05) is 36.0 Å². The first-order chi connectivity index (χ1) is 15.0. The molecule has 0 aliphatic carbocycles. The predicted molar refractivity (Wildman–Crippen MR) is 117 cm³/mol. The fourth-order valence-corrected chi connectivity index (χ4v) is 4.12. The van der Waals surface area contributed by atoms with Crippen molar-refractivity contribution in [1.29, 1.82) is 0 Å². The summed E-state index contributed by atoms with van der Waals surface area (Å²) in [5, 5.41) is 10.8. The van der Waals surface area contributed by atoms with Crippen LogP contribution in [0.4, 0.5) is 0 Å². The maximum absolute atomic E-state index is 12.7. The van der Waals surface area contributed by atoms with E-state index in [1.807, 2.05) is 6.07 Å². The maximum Gasteiger partial charge on any atom is 0.344 e. The van der Waals surface area contributed by atoms with Crippen LogP contribution in [-0.2, 0) is 9.53 Å². The first kappa shape index (κ1) is 20.7. The molecule has 7 nitrogen and oxygen atoms in total. The topological polar surface area (TPSA) is 94.4 Å². The lowest BCUT2D eigenvalue weighted by Gasteiger charge is -2.04. The largest absolute Gasteiger partial charge is 0.506 e. The van der Waals surface area contributed by atoms with Crippen LogP contribution in [0.25, 0.3) is 6.08 Å². The molecule has 1 amide bonds. The number of amides is 1. The number of carbonyl (C=O) groups is 2. The van der Waals surface area contributed by atoms with E-state index in [9.17, 15) is 14.7 Å². The maximum atomic E-state index is 12.7. The van der Waals surface area contributed by atoms with Gasteiger partial charge in [-0.05, 0) is 49.2 Å². The molecule has 0 spiro atoms. The third-order valence-corrected chi connectivity index (χ3v) is 5.66. The second-order valence-corrected chi connectivity index (χ2v) is 7.74. The molecule has 2 aliphatic heterocycles. The van der Waals surface area contributed by atoms with Crippen molar-refractivity contribution in [3.05, 3.63) is 75.4 Å². The Labute approximate surface area is 183 Å². The Kier molecular flexibility index (Phi) is 5.81. The predicted octanol–water partition coefficient (Wildman–Crippen LogP) is 4.43. The van der Waals surface area contributed by atoms with Crippen LogP contribution in [0.3, 0.4) is 0 Å². The zero-order valence-corrected chi connectivity index (χ0v) is 17.7. The standard InChI is InChI=1S/C23H19NO6S/c1-3-28-23(27)19-20(25)18(11-14-8-9-16-17(10-14)30-12-29-16)31-22(19)24-21(26)15-7-5-4-6-13(15)2/h4-11,25H,3,12H2,1-2H3/b18-11-,24-22?. The van der Waals surface area contributed by atoms with Gasteiger partial charge in [-0.2, -0.15) is 0 Å². The minimum atomic E-state index is -0.738. The van der Waals surface area contributed by atoms with Gasteiger partial charge in [0.1, 0.15) is 16.4 Å². The lowest BCUT2D eigenvalue weighted by molar-refractivity contribution is -0.138. The Hall–Kier alpha value is -3.52. The SMILES string of the molecule is CCOC(=O)C1=C(O)/C(=C/c2ccc3c(c2)OCO3)SC1=NC(=O)c1ccccc1C. The molecule has 2 aromatic rings. The number of aryl methyl sites for hydroxylation is 1. The molecule has 0 fully saturated rings. The average molecular weight is 437 g/mol. The van der Waals surface area contributed by atoms with Crippen LogP contribution in [0, 0.1) is 6.92 Å². The molecule has 0 unspecified atom stereocenters. The van der Waals surface area contributed by atoms with E-state index in [2.05, 4.69) is 4.99 Å². The Morgan fingerprint density at radius 3 is 2.74 bits per heavy atom. The molecule has 0 bridgehead atoms. The second kappa shape index (κ2) is 8.69. The molecule has 0 saturated carbocycles. The van der Waals surface area contributed by atoms with Gasteiger partial charge in [0.05, 0.1) is 11.5 Å². The van der Waals surface area contributed by atoms with Crippen molar-refractivity contribution in [3.63, 3.8) is 0 Å². The third-order valence-electron chi connectivity index (χ3n) is 4.64. The van der Waals surface area contributed by atoms with E-state index < -0.39 is 11.9 Å². The van der Waals surface area contributed by atoms with Gasteiger partial charge in [-0.15, -0.1) is 0 Å². The number of rotatable bonds is 4. The summed E-state index contributed by atoms with van der Waals surface area (Å²) >= 11 is 1.03. The Balaban J connectivity index is 1.72. The number of hydrogen-bond donors (Lipinski definition) is 1. The highest BCUT2D eigenvalue weighted by atomic mass is 32.2. The highest BCUT2D eigenvalue weighted by molar-refractivity contribution is 8.18. The summed E-state index contributed by atoms with van der Waals surface area (Å²) in [6.45, 7) is 3.75. The van der Waals surface area contributed by atoms with Crippen molar-refractivity contribution in [3.8, 4) is 11.5 Å². The molecule has 0 atom stereocenters.